The predicted molar refractivity (Wildman–Crippen MR) is 74.6 cm³/mol. The van der Waals surface area contributed by atoms with Crippen LogP contribution in [-0.4, -0.2) is 10.0 Å². The first-order valence-corrected chi connectivity index (χ1v) is 6.31. The summed E-state index contributed by atoms with van der Waals surface area (Å²) in [6.45, 7) is 6.32. The van der Waals surface area contributed by atoms with E-state index >= 15 is 0 Å². The molecule has 0 fully saturated rings. The zero-order valence-electron chi connectivity index (χ0n) is 11.7. The van der Waals surface area contributed by atoms with Gasteiger partial charge in [0.25, 0.3) is 0 Å². The van der Waals surface area contributed by atoms with Gasteiger partial charge in [-0.1, -0.05) is 45.0 Å². The van der Waals surface area contributed by atoms with Gasteiger partial charge in [0.15, 0.2) is 0 Å². The van der Waals surface area contributed by atoms with E-state index in [-0.39, 0.29) is 17.1 Å². The van der Waals surface area contributed by atoms with Crippen LogP contribution in [0.2, 0.25) is 0 Å². The van der Waals surface area contributed by atoms with Gasteiger partial charge in [0.2, 0.25) is 0 Å². The van der Waals surface area contributed by atoms with Crippen molar-refractivity contribution in [3.05, 3.63) is 63.4 Å². The van der Waals surface area contributed by atoms with Gasteiger partial charge in [-0.05, 0) is 22.6 Å². The Balaban J connectivity index is 2.24. The maximum Gasteiger partial charge on any atom is 0.433 e. The topological polar surface area (TPSA) is 76.5 Å². The fourth-order valence-corrected chi connectivity index (χ4v) is 1.92. The predicted octanol–water partition coefficient (Wildman–Crippen LogP) is 3.57. The van der Waals surface area contributed by atoms with Gasteiger partial charge in [-0.2, -0.15) is 0 Å². The molecule has 2 aromatic rings. The lowest BCUT2D eigenvalue weighted by Gasteiger charge is -2.19. The molecule has 0 amide bonds. The van der Waals surface area contributed by atoms with Gasteiger partial charge in [-0.3, -0.25) is 10.1 Å². The first-order chi connectivity index (χ1) is 9.29. The molecule has 1 atom stereocenters. The molecule has 0 radical (unpaired) electrons. The van der Waals surface area contributed by atoms with Gasteiger partial charge in [0.05, 0.1) is 6.07 Å². The lowest BCUT2D eigenvalue weighted by molar-refractivity contribution is -0.402. The van der Waals surface area contributed by atoms with Crippen LogP contribution in [0.3, 0.4) is 0 Å². The number of hydrogen-bond acceptors (Lipinski definition) is 4. The molecule has 0 aliphatic rings. The third-order valence-electron chi connectivity index (χ3n) is 3.15. The lowest BCUT2D eigenvalue weighted by Crippen LogP contribution is -2.11. The van der Waals surface area contributed by atoms with Crippen LogP contribution >= 0.6 is 0 Å². The van der Waals surface area contributed by atoms with Crippen LogP contribution in [-0.2, 0) is 5.41 Å². The van der Waals surface area contributed by atoms with E-state index in [2.05, 4.69) is 20.8 Å². The molecule has 1 aromatic heterocycles. The average Bonchev–Trinajstić information content (AvgIpc) is 2.86. The minimum absolute atomic E-state index is 0.0347. The number of hydrogen-bond donors (Lipinski definition) is 1. The number of furan rings is 1. The zero-order chi connectivity index (χ0) is 14.9. The molecule has 5 heteroatoms. The van der Waals surface area contributed by atoms with E-state index in [1.54, 1.807) is 12.1 Å². The van der Waals surface area contributed by atoms with E-state index in [1.807, 2.05) is 12.1 Å². The summed E-state index contributed by atoms with van der Waals surface area (Å²) in [6.07, 6.45) is -1.00. The van der Waals surface area contributed by atoms with Crippen molar-refractivity contribution in [1.82, 2.24) is 0 Å². The molecule has 2 rings (SSSR count). The second-order valence-corrected chi connectivity index (χ2v) is 5.71. The van der Waals surface area contributed by atoms with Crippen LogP contribution in [0, 0.1) is 10.1 Å². The number of benzene rings is 1. The molecule has 5 nitrogen and oxygen atoms in total. The summed E-state index contributed by atoms with van der Waals surface area (Å²) in [7, 11) is 0. The SMILES string of the molecule is CC(C)(C)c1ccc(C(O)c2ccc([N+](=O)[O-])o2)cc1. The van der Waals surface area contributed by atoms with Gasteiger partial charge in [-0.25, -0.2) is 0 Å². The highest BCUT2D eigenvalue weighted by Gasteiger charge is 2.20. The quantitative estimate of drug-likeness (QED) is 0.686. The molecular formula is C15H17NO4. The zero-order valence-corrected chi connectivity index (χ0v) is 11.7. The molecule has 106 valence electrons. The third kappa shape index (κ3) is 2.88. The maximum absolute atomic E-state index is 10.6. The molecule has 1 unspecified atom stereocenters. The Morgan fingerprint density at radius 1 is 1.15 bits per heavy atom. The van der Waals surface area contributed by atoms with Crippen LogP contribution in [0.1, 0.15) is 43.8 Å². The lowest BCUT2D eigenvalue weighted by atomic mass is 9.86. The minimum atomic E-state index is -1.00. The number of aliphatic hydroxyl groups is 1. The molecule has 0 aliphatic carbocycles. The minimum Gasteiger partial charge on any atom is -0.403 e. The van der Waals surface area contributed by atoms with Crippen molar-refractivity contribution < 1.29 is 14.4 Å². The monoisotopic (exact) mass is 275 g/mol. The van der Waals surface area contributed by atoms with Crippen molar-refractivity contribution in [1.29, 1.82) is 0 Å². The van der Waals surface area contributed by atoms with Crippen molar-refractivity contribution in [2.24, 2.45) is 0 Å². The van der Waals surface area contributed by atoms with E-state index in [1.165, 1.54) is 12.1 Å². The highest BCUT2D eigenvalue weighted by Crippen LogP contribution is 2.29. The maximum atomic E-state index is 10.6. The highest BCUT2D eigenvalue weighted by atomic mass is 16.6. The first kappa shape index (κ1) is 14.3. The molecule has 0 saturated heterocycles. The third-order valence-corrected chi connectivity index (χ3v) is 3.15. The van der Waals surface area contributed by atoms with Crippen molar-refractivity contribution in [2.45, 2.75) is 32.3 Å². The molecule has 1 N–H and O–H groups in total. The molecule has 0 saturated carbocycles. The van der Waals surface area contributed by atoms with Crippen molar-refractivity contribution in [2.75, 3.05) is 0 Å². The Morgan fingerprint density at radius 3 is 2.20 bits per heavy atom. The van der Waals surface area contributed by atoms with Crippen molar-refractivity contribution in [3.63, 3.8) is 0 Å². The molecule has 0 aliphatic heterocycles. The van der Waals surface area contributed by atoms with Gasteiger partial charge in [-0.15, -0.1) is 0 Å². The largest absolute Gasteiger partial charge is 0.433 e. The van der Waals surface area contributed by atoms with E-state index in [0.29, 0.717) is 5.56 Å². The second kappa shape index (κ2) is 5.09. The summed E-state index contributed by atoms with van der Waals surface area (Å²) >= 11 is 0. The summed E-state index contributed by atoms with van der Waals surface area (Å²) in [4.78, 5) is 9.93. The fraction of sp³-hybridized carbons (Fsp3) is 0.333. The van der Waals surface area contributed by atoms with Crippen LogP contribution < -0.4 is 0 Å². The molecule has 20 heavy (non-hydrogen) atoms. The Bertz CT molecular complexity index is 608. The highest BCUT2D eigenvalue weighted by molar-refractivity contribution is 5.32. The van der Waals surface area contributed by atoms with Crippen LogP contribution in [0.4, 0.5) is 5.88 Å². The van der Waals surface area contributed by atoms with Gasteiger partial charge in [0.1, 0.15) is 16.8 Å². The molecule has 0 spiro atoms. The fourth-order valence-electron chi connectivity index (χ4n) is 1.92. The molecule has 1 aromatic carbocycles. The molecule has 1 heterocycles. The Hall–Kier alpha value is -2.14. The van der Waals surface area contributed by atoms with E-state index < -0.39 is 11.0 Å². The van der Waals surface area contributed by atoms with Gasteiger partial charge >= 0.3 is 5.88 Å². The Labute approximate surface area is 117 Å². The summed E-state index contributed by atoms with van der Waals surface area (Å²) in [5.41, 5.74) is 1.83. The standard InChI is InChI=1S/C15H17NO4/c1-15(2,3)11-6-4-10(5-7-11)14(17)12-8-9-13(20-12)16(18)19/h4-9,14,17H,1-3H3. The van der Waals surface area contributed by atoms with Gasteiger partial charge < -0.3 is 9.52 Å². The van der Waals surface area contributed by atoms with E-state index in [4.69, 9.17) is 4.42 Å². The second-order valence-electron chi connectivity index (χ2n) is 5.71. The Kier molecular flexibility index (Phi) is 3.63. The Morgan fingerprint density at radius 2 is 1.75 bits per heavy atom. The normalized spacial score (nSPS) is 13.2. The van der Waals surface area contributed by atoms with E-state index in [0.717, 1.165) is 5.56 Å². The van der Waals surface area contributed by atoms with Crippen molar-refractivity contribution >= 4 is 5.88 Å². The smallest absolute Gasteiger partial charge is 0.403 e. The number of nitro groups is 1. The average molecular weight is 275 g/mol. The first-order valence-electron chi connectivity index (χ1n) is 6.31. The van der Waals surface area contributed by atoms with Gasteiger partial charge in [0, 0.05) is 0 Å². The summed E-state index contributed by atoms with van der Waals surface area (Å²) in [6, 6.07) is 10.1. The number of rotatable bonds is 3. The van der Waals surface area contributed by atoms with E-state index in [9.17, 15) is 15.2 Å². The number of aliphatic hydroxyl groups excluding tert-OH is 1. The number of nitrogens with zero attached hydrogens (tertiary/aromatic N) is 1. The summed E-state index contributed by atoms with van der Waals surface area (Å²) in [5.74, 6) is -0.203. The van der Waals surface area contributed by atoms with Crippen LogP contribution in [0.25, 0.3) is 0 Å². The molecular weight excluding hydrogens is 258 g/mol. The summed E-state index contributed by atoms with van der Waals surface area (Å²) < 4.78 is 5.01. The summed E-state index contributed by atoms with van der Waals surface area (Å²) in [5, 5.41) is 20.7. The van der Waals surface area contributed by atoms with Crippen molar-refractivity contribution in [3.8, 4) is 0 Å². The molecule has 0 bridgehead atoms. The van der Waals surface area contributed by atoms with Crippen LogP contribution in [0.15, 0.2) is 40.8 Å². The van der Waals surface area contributed by atoms with Crippen LogP contribution in [0.5, 0.6) is 0 Å².